The summed E-state index contributed by atoms with van der Waals surface area (Å²) in [5, 5.41) is 14.6. The summed E-state index contributed by atoms with van der Waals surface area (Å²) in [6.45, 7) is 5.69. The van der Waals surface area contributed by atoms with E-state index in [1.54, 1.807) is 18.4 Å². The van der Waals surface area contributed by atoms with E-state index in [9.17, 15) is 0 Å². The molecule has 144 valence electrons. The zero-order valence-electron chi connectivity index (χ0n) is 15.7. The zero-order chi connectivity index (χ0) is 17.6. The Morgan fingerprint density at radius 2 is 2.04 bits per heavy atom. The van der Waals surface area contributed by atoms with Gasteiger partial charge in [-0.1, -0.05) is 26.7 Å². The number of hydrogen-bond acceptors (Lipinski definition) is 4. The topological polar surface area (TPSA) is 67.1 Å². The maximum atomic E-state index is 4.70. The first kappa shape index (κ1) is 21.1. The predicted octanol–water partition coefficient (Wildman–Crippen LogP) is 4.06. The van der Waals surface area contributed by atoms with E-state index in [0.29, 0.717) is 25.0 Å². The standard InChI is InChI=1S/C18H28N6S.HI/c1-13(2)16-12-25-17(22-16)11-21-18(19-3)20-10-14-8-9-24(23-14)15-6-4-5-7-15;/h8-9,12-13,15H,4-7,10-11H2,1-3H3,(H2,19,20,21);1H. The molecular weight excluding hydrogens is 459 g/mol. The second-order valence-electron chi connectivity index (χ2n) is 6.83. The van der Waals surface area contributed by atoms with Gasteiger partial charge in [0.1, 0.15) is 5.01 Å². The molecule has 8 heteroatoms. The molecule has 0 spiro atoms. The number of nitrogens with zero attached hydrogens (tertiary/aromatic N) is 4. The van der Waals surface area contributed by atoms with Gasteiger partial charge in [-0.3, -0.25) is 9.67 Å². The van der Waals surface area contributed by atoms with Crippen LogP contribution in [0.4, 0.5) is 0 Å². The zero-order valence-corrected chi connectivity index (χ0v) is 18.9. The van der Waals surface area contributed by atoms with E-state index in [4.69, 9.17) is 5.10 Å². The SMILES string of the molecule is CN=C(NCc1ccn(C2CCCC2)n1)NCc1nc(C(C)C)cs1.I. The molecule has 1 saturated carbocycles. The van der Waals surface area contributed by atoms with E-state index in [2.05, 4.69) is 56.8 Å². The van der Waals surface area contributed by atoms with E-state index in [1.807, 2.05) is 0 Å². The molecule has 2 aromatic rings. The fourth-order valence-corrected chi connectivity index (χ4v) is 3.96. The number of guanidine groups is 1. The fraction of sp³-hybridized carbons (Fsp3) is 0.611. The van der Waals surface area contributed by atoms with Crippen molar-refractivity contribution in [2.75, 3.05) is 7.05 Å². The second-order valence-corrected chi connectivity index (χ2v) is 7.77. The highest BCUT2D eigenvalue weighted by Gasteiger charge is 2.17. The van der Waals surface area contributed by atoms with Crippen molar-refractivity contribution < 1.29 is 0 Å². The van der Waals surface area contributed by atoms with Gasteiger partial charge in [0.25, 0.3) is 0 Å². The molecule has 0 bridgehead atoms. The Kier molecular flexibility index (Phi) is 8.33. The minimum absolute atomic E-state index is 0. The maximum absolute atomic E-state index is 4.70. The molecule has 1 aliphatic carbocycles. The number of thiazole rings is 1. The highest BCUT2D eigenvalue weighted by atomic mass is 127. The number of rotatable bonds is 6. The van der Waals surface area contributed by atoms with Crippen LogP contribution in [0.1, 0.15) is 67.9 Å². The van der Waals surface area contributed by atoms with Crippen LogP contribution in [-0.2, 0) is 13.1 Å². The van der Waals surface area contributed by atoms with E-state index in [-0.39, 0.29) is 24.0 Å². The van der Waals surface area contributed by atoms with Gasteiger partial charge in [-0.15, -0.1) is 35.3 Å². The molecule has 0 radical (unpaired) electrons. The molecule has 2 aromatic heterocycles. The normalized spacial score (nSPS) is 15.3. The lowest BCUT2D eigenvalue weighted by atomic mass is 10.2. The summed E-state index contributed by atoms with van der Waals surface area (Å²) in [6.07, 6.45) is 7.26. The van der Waals surface area contributed by atoms with Crippen LogP contribution in [0.2, 0.25) is 0 Å². The average Bonchev–Trinajstić information content (AvgIpc) is 3.35. The Bertz CT molecular complexity index is 702. The number of nitrogens with one attached hydrogen (secondary N) is 2. The van der Waals surface area contributed by atoms with E-state index in [1.165, 1.54) is 25.7 Å². The van der Waals surface area contributed by atoms with Crippen LogP contribution in [0.5, 0.6) is 0 Å². The number of aromatic nitrogens is 3. The molecule has 6 nitrogen and oxygen atoms in total. The third-order valence-corrected chi connectivity index (χ3v) is 5.46. The van der Waals surface area contributed by atoms with Crippen molar-refractivity contribution in [1.82, 2.24) is 25.4 Å². The summed E-state index contributed by atoms with van der Waals surface area (Å²) in [4.78, 5) is 8.92. The Morgan fingerprint density at radius 3 is 2.69 bits per heavy atom. The van der Waals surface area contributed by atoms with Gasteiger partial charge in [0, 0.05) is 18.6 Å². The summed E-state index contributed by atoms with van der Waals surface area (Å²) in [5.74, 6) is 1.24. The monoisotopic (exact) mass is 488 g/mol. The van der Waals surface area contributed by atoms with Gasteiger partial charge in [0.15, 0.2) is 5.96 Å². The molecule has 26 heavy (non-hydrogen) atoms. The van der Waals surface area contributed by atoms with Crippen molar-refractivity contribution in [1.29, 1.82) is 0 Å². The van der Waals surface area contributed by atoms with Crippen LogP contribution < -0.4 is 10.6 Å². The summed E-state index contributed by atoms with van der Waals surface area (Å²) in [5.41, 5.74) is 2.20. The third kappa shape index (κ3) is 5.67. The van der Waals surface area contributed by atoms with Gasteiger partial charge in [0.05, 0.1) is 30.5 Å². The molecule has 0 unspecified atom stereocenters. The summed E-state index contributed by atoms with van der Waals surface area (Å²) in [7, 11) is 1.79. The highest BCUT2D eigenvalue weighted by molar-refractivity contribution is 14.0. The number of aliphatic imine (C=N–C) groups is 1. The fourth-order valence-electron chi connectivity index (χ4n) is 3.07. The van der Waals surface area contributed by atoms with E-state index < -0.39 is 0 Å². The van der Waals surface area contributed by atoms with Gasteiger partial charge in [-0.05, 0) is 24.8 Å². The highest BCUT2D eigenvalue weighted by Crippen LogP contribution is 2.28. The lowest BCUT2D eigenvalue weighted by molar-refractivity contribution is 0.462. The lowest BCUT2D eigenvalue weighted by Crippen LogP contribution is -2.36. The van der Waals surface area contributed by atoms with Crippen molar-refractivity contribution in [2.24, 2.45) is 4.99 Å². The molecule has 0 amide bonds. The molecule has 0 saturated heterocycles. The molecule has 1 aliphatic rings. The van der Waals surface area contributed by atoms with Gasteiger partial charge in [-0.2, -0.15) is 5.10 Å². The first-order valence-corrected chi connectivity index (χ1v) is 9.96. The minimum Gasteiger partial charge on any atom is -0.351 e. The largest absolute Gasteiger partial charge is 0.351 e. The lowest BCUT2D eigenvalue weighted by Gasteiger charge is -2.11. The molecule has 3 rings (SSSR count). The number of halogens is 1. The van der Waals surface area contributed by atoms with Gasteiger partial charge >= 0.3 is 0 Å². The summed E-state index contributed by atoms with van der Waals surface area (Å²) < 4.78 is 2.13. The first-order chi connectivity index (χ1) is 12.2. The van der Waals surface area contributed by atoms with Gasteiger partial charge < -0.3 is 10.6 Å². The Labute approximate surface area is 176 Å². The van der Waals surface area contributed by atoms with Crippen molar-refractivity contribution in [3.05, 3.63) is 34.0 Å². The van der Waals surface area contributed by atoms with Gasteiger partial charge in [0.2, 0.25) is 0 Å². The van der Waals surface area contributed by atoms with Crippen molar-refractivity contribution >= 4 is 41.3 Å². The van der Waals surface area contributed by atoms with E-state index >= 15 is 0 Å². The summed E-state index contributed by atoms with van der Waals surface area (Å²) in [6, 6.07) is 2.68. The molecule has 0 atom stereocenters. The van der Waals surface area contributed by atoms with Crippen LogP contribution in [-0.4, -0.2) is 27.8 Å². The third-order valence-electron chi connectivity index (χ3n) is 4.59. The maximum Gasteiger partial charge on any atom is 0.191 e. The van der Waals surface area contributed by atoms with Gasteiger partial charge in [-0.25, -0.2) is 4.98 Å². The van der Waals surface area contributed by atoms with E-state index in [0.717, 1.165) is 22.4 Å². The average molecular weight is 488 g/mol. The molecular formula is C18H29IN6S. The quantitative estimate of drug-likeness (QED) is 0.366. The Hall–Kier alpha value is -1.16. The molecule has 0 aromatic carbocycles. The second kappa shape index (κ2) is 10.2. The smallest absolute Gasteiger partial charge is 0.191 e. The van der Waals surface area contributed by atoms with Crippen LogP contribution in [0.15, 0.2) is 22.6 Å². The Morgan fingerprint density at radius 1 is 1.31 bits per heavy atom. The summed E-state index contributed by atoms with van der Waals surface area (Å²) >= 11 is 1.69. The minimum atomic E-state index is 0. The van der Waals surface area contributed by atoms with Crippen molar-refractivity contribution in [3.63, 3.8) is 0 Å². The predicted molar refractivity (Wildman–Crippen MR) is 118 cm³/mol. The molecule has 1 fully saturated rings. The first-order valence-electron chi connectivity index (χ1n) is 9.08. The van der Waals surface area contributed by atoms with Crippen LogP contribution in [0.3, 0.4) is 0 Å². The number of hydrogen-bond donors (Lipinski definition) is 2. The molecule has 2 heterocycles. The van der Waals surface area contributed by atoms with Crippen LogP contribution in [0.25, 0.3) is 0 Å². The Balaban J connectivity index is 0.00000243. The molecule has 2 N–H and O–H groups in total. The molecule has 0 aliphatic heterocycles. The van der Waals surface area contributed by atoms with Crippen LogP contribution in [0, 0.1) is 0 Å². The van der Waals surface area contributed by atoms with Crippen molar-refractivity contribution in [3.8, 4) is 0 Å². The van der Waals surface area contributed by atoms with Crippen molar-refractivity contribution in [2.45, 2.75) is 64.6 Å². The van der Waals surface area contributed by atoms with Crippen LogP contribution >= 0.6 is 35.3 Å².